The first-order valence-corrected chi connectivity index (χ1v) is 9.17. The van der Waals surface area contributed by atoms with Gasteiger partial charge in [0.2, 0.25) is 0 Å². The van der Waals surface area contributed by atoms with Gasteiger partial charge in [-0.15, -0.1) is 0 Å². The van der Waals surface area contributed by atoms with Crippen LogP contribution in [0.25, 0.3) is 0 Å². The maximum Gasteiger partial charge on any atom is 0.256 e. The molecular formula is C19H15ClN4OS. The van der Waals surface area contributed by atoms with E-state index in [-0.39, 0.29) is 5.91 Å². The normalized spacial score (nSPS) is 10.3. The average molecular weight is 383 g/mol. The fraction of sp³-hybridized carbons (Fsp3) is 0.105. The predicted octanol–water partition coefficient (Wildman–Crippen LogP) is 4.79. The summed E-state index contributed by atoms with van der Waals surface area (Å²) < 4.78 is 0. The van der Waals surface area contributed by atoms with E-state index >= 15 is 0 Å². The number of aromatic amines is 1. The third-order valence-electron chi connectivity index (χ3n) is 3.72. The zero-order valence-corrected chi connectivity index (χ0v) is 15.5. The minimum absolute atomic E-state index is 0.291. The molecule has 130 valence electrons. The van der Waals surface area contributed by atoms with Crippen LogP contribution in [-0.4, -0.2) is 16.1 Å². The summed E-state index contributed by atoms with van der Waals surface area (Å²) in [6.45, 7) is 1.95. The SMILES string of the molecule is Cc1ccc(C(=O)Nc2[nH]nc(SCc3ccccc3Cl)c2C#N)cc1. The summed E-state index contributed by atoms with van der Waals surface area (Å²) in [6.07, 6.45) is 0. The van der Waals surface area contributed by atoms with Gasteiger partial charge in [0, 0.05) is 16.3 Å². The summed E-state index contributed by atoms with van der Waals surface area (Å²) in [5.41, 5.74) is 2.84. The first kappa shape index (κ1) is 18.1. The largest absolute Gasteiger partial charge is 0.306 e. The molecule has 1 heterocycles. The number of nitrogens with one attached hydrogen (secondary N) is 2. The highest BCUT2D eigenvalue weighted by Gasteiger charge is 2.17. The summed E-state index contributed by atoms with van der Waals surface area (Å²) in [6, 6.07) is 16.8. The van der Waals surface area contributed by atoms with E-state index in [1.54, 1.807) is 12.1 Å². The molecule has 0 aliphatic carbocycles. The van der Waals surface area contributed by atoms with Crippen molar-refractivity contribution in [2.24, 2.45) is 0 Å². The molecule has 0 unspecified atom stereocenters. The first-order chi connectivity index (χ1) is 12.6. The summed E-state index contributed by atoms with van der Waals surface area (Å²) in [7, 11) is 0. The Balaban J connectivity index is 1.74. The van der Waals surface area contributed by atoms with E-state index in [0.717, 1.165) is 11.1 Å². The highest BCUT2D eigenvalue weighted by molar-refractivity contribution is 7.98. The lowest BCUT2D eigenvalue weighted by Crippen LogP contribution is -2.13. The van der Waals surface area contributed by atoms with Crippen LogP contribution in [0.1, 0.15) is 27.0 Å². The Hall–Kier alpha value is -2.75. The van der Waals surface area contributed by atoms with Gasteiger partial charge < -0.3 is 5.32 Å². The number of nitriles is 1. The number of aromatic nitrogens is 2. The van der Waals surface area contributed by atoms with Gasteiger partial charge in [-0.2, -0.15) is 10.4 Å². The average Bonchev–Trinajstić information content (AvgIpc) is 3.03. The van der Waals surface area contributed by atoms with Crippen molar-refractivity contribution < 1.29 is 4.79 Å². The number of thioether (sulfide) groups is 1. The van der Waals surface area contributed by atoms with Crippen LogP contribution in [-0.2, 0) is 5.75 Å². The molecule has 2 aromatic carbocycles. The van der Waals surface area contributed by atoms with Crippen LogP contribution in [0.4, 0.5) is 5.82 Å². The Morgan fingerprint density at radius 2 is 2.00 bits per heavy atom. The van der Waals surface area contributed by atoms with Crippen molar-refractivity contribution in [3.63, 3.8) is 0 Å². The van der Waals surface area contributed by atoms with Crippen molar-refractivity contribution >= 4 is 35.1 Å². The van der Waals surface area contributed by atoms with Gasteiger partial charge in [0.15, 0.2) is 0 Å². The van der Waals surface area contributed by atoms with Crippen LogP contribution < -0.4 is 5.32 Å². The number of amides is 1. The summed E-state index contributed by atoms with van der Waals surface area (Å²) >= 11 is 7.54. The van der Waals surface area contributed by atoms with Gasteiger partial charge in [-0.3, -0.25) is 9.89 Å². The van der Waals surface area contributed by atoms with E-state index in [0.29, 0.717) is 32.7 Å². The number of benzene rings is 2. The highest BCUT2D eigenvalue weighted by Crippen LogP contribution is 2.30. The van der Waals surface area contributed by atoms with Crippen molar-refractivity contribution in [2.75, 3.05) is 5.32 Å². The van der Waals surface area contributed by atoms with Crippen molar-refractivity contribution in [3.8, 4) is 6.07 Å². The lowest BCUT2D eigenvalue weighted by molar-refractivity contribution is 0.102. The summed E-state index contributed by atoms with van der Waals surface area (Å²) in [5.74, 6) is 0.567. The molecule has 0 aliphatic rings. The summed E-state index contributed by atoms with van der Waals surface area (Å²) in [4.78, 5) is 12.3. The Morgan fingerprint density at radius 3 is 2.69 bits per heavy atom. The second-order valence-electron chi connectivity index (χ2n) is 5.59. The second kappa shape index (κ2) is 8.09. The van der Waals surface area contributed by atoms with Crippen molar-refractivity contribution in [1.29, 1.82) is 5.26 Å². The number of hydrogen-bond acceptors (Lipinski definition) is 4. The highest BCUT2D eigenvalue weighted by atomic mass is 35.5. The van der Waals surface area contributed by atoms with Crippen LogP contribution in [0.3, 0.4) is 0 Å². The maximum atomic E-state index is 12.3. The van der Waals surface area contributed by atoms with Crippen molar-refractivity contribution in [3.05, 3.63) is 75.8 Å². The molecule has 0 atom stereocenters. The minimum Gasteiger partial charge on any atom is -0.306 e. The Labute approximate surface area is 160 Å². The standard InChI is InChI=1S/C19H15ClN4OS/c1-12-6-8-13(9-7-12)18(25)22-17-15(10-21)19(24-23-17)26-11-14-4-2-3-5-16(14)20/h2-9H,11H2,1H3,(H2,22,23,24,25). The van der Waals surface area contributed by atoms with Gasteiger partial charge in [-0.05, 0) is 30.7 Å². The molecule has 0 spiro atoms. The number of rotatable bonds is 5. The molecule has 1 amide bonds. The van der Waals surface area contributed by atoms with Crippen LogP contribution >= 0.6 is 23.4 Å². The molecule has 5 nitrogen and oxygen atoms in total. The molecule has 0 fully saturated rings. The number of carbonyl (C=O) groups is 1. The molecular weight excluding hydrogens is 368 g/mol. The molecule has 0 aliphatic heterocycles. The van der Waals surface area contributed by atoms with E-state index in [2.05, 4.69) is 21.6 Å². The van der Waals surface area contributed by atoms with Gasteiger partial charge >= 0.3 is 0 Å². The molecule has 3 rings (SSSR count). The van der Waals surface area contributed by atoms with E-state index < -0.39 is 0 Å². The van der Waals surface area contributed by atoms with Crippen LogP contribution in [0.15, 0.2) is 53.6 Å². The first-order valence-electron chi connectivity index (χ1n) is 7.81. The number of hydrogen-bond donors (Lipinski definition) is 2. The predicted molar refractivity (Wildman–Crippen MR) is 103 cm³/mol. The van der Waals surface area contributed by atoms with E-state index in [4.69, 9.17) is 11.6 Å². The minimum atomic E-state index is -0.298. The van der Waals surface area contributed by atoms with Gasteiger partial charge in [-0.1, -0.05) is 59.3 Å². The third kappa shape index (κ3) is 4.07. The fourth-order valence-corrected chi connectivity index (χ4v) is 3.50. The van der Waals surface area contributed by atoms with E-state index in [1.165, 1.54) is 11.8 Å². The van der Waals surface area contributed by atoms with Crippen molar-refractivity contribution in [2.45, 2.75) is 17.7 Å². The number of carbonyl (C=O) groups excluding carboxylic acids is 1. The molecule has 3 aromatic rings. The molecule has 0 bridgehead atoms. The zero-order chi connectivity index (χ0) is 18.5. The third-order valence-corrected chi connectivity index (χ3v) is 5.11. The molecule has 7 heteroatoms. The van der Waals surface area contributed by atoms with Gasteiger partial charge in [0.1, 0.15) is 22.5 Å². The van der Waals surface area contributed by atoms with Crippen LogP contribution in [0, 0.1) is 18.3 Å². The molecule has 26 heavy (non-hydrogen) atoms. The quantitative estimate of drug-likeness (QED) is 0.621. The number of aryl methyl sites for hydroxylation is 1. The Kier molecular flexibility index (Phi) is 5.61. The number of H-pyrrole nitrogens is 1. The second-order valence-corrected chi connectivity index (χ2v) is 6.96. The fourth-order valence-electron chi connectivity index (χ4n) is 2.28. The van der Waals surface area contributed by atoms with Gasteiger partial charge in [0.25, 0.3) is 5.91 Å². The van der Waals surface area contributed by atoms with Gasteiger partial charge in [-0.25, -0.2) is 0 Å². The number of anilines is 1. The zero-order valence-electron chi connectivity index (χ0n) is 13.9. The smallest absolute Gasteiger partial charge is 0.256 e. The molecule has 0 saturated carbocycles. The Bertz CT molecular complexity index is 976. The Morgan fingerprint density at radius 1 is 1.27 bits per heavy atom. The topological polar surface area (TPSA) is 81.6 Å². The number of halogens is 1. The monoisotopic (exact) mass is 382 g/mol. The van der Waals surface area contributed by atoms with Crippen LogP contribution in [0.2, 0.25) is 5.02 Å². The van der Waals surface area contributed by atoms with Gasteiger partial charge in [0.05, 0.1) is 0 Å². The molecule has 0 radical (unpaired) electrons. The van der Waals surface area contributed by atoms with E-state index in [1.807, 2.05) is 43.3 Å². The maximum absolute atomic E-state index is 12.3. The lowest BCUT2D eigenvalue weighted by Gasteiger charge is -2.04. The molecule has 1 aromatic heterocycles. The summed E-state index contributed by atoms with van der Waals surface area (Å²) in [5, 5.41) is 20.2. The molecule has 2 N–H and O–H groups in total. The lowest BCUT2D eigenvalue weighted by atomic mass is 10.1. The van der Waals surface area contributed by atoms with Crippen LogP contribution in [0.5, 0.6) is 0 Å². The van der Waals surface area contributed by atoms with E-state index in [9.17, 15) is 10.1 Å². The van der Waals surface area contributed by atoms with Crippen molar-refractivity contribution in [1.82, 2.24) is 10.2 Å². The molecule has 0 saturated heterocycles. The number of nitrogens with zero attached hydrogens (tertiary/aromatic N) is 2.